The van der Waals surface area contributed by atoms with Crippen LogP contribution in [0, 0.1) is 0 Å². The summed E-state index contributed by atoms with van der Waals surface area (Å²) < 4.78 is 39.4. The number of carboxylic acids is 1. The van der Waals surface area contributed by atoms with Crippen LogP contribution in [0.5, 0.6) is 0 Å². The third-order valence-corrected chi connectivity index (χ3v) is 3.00. The van der Waals surface area contributed by atoms with Gasteiger partial charge in [-0.05, 0) is 18.2 Å². The number of aromatic nitrogens is 2. The summed E-state index contributed by atoms with van der Waals surface area (Å²) in [5.74, 6) is -1.79. The van der Waals surface area contributed by atoms with Gasteiger partial charge in [-0.25, -0.2) is 4.98 Å². The van der Waals surface area contributed by atoms with Gasteiger partial charge in [-0.2, -0.15) is 18.2 Å². The highest BCUT2D eigenvalue weighted by Crippen LogP contribution is 2.30. The Morgan fingerprint density at radius 3 is 2.61 bits per heavy atom. The smallest absolute Gasteiger partial charge is 0.433 e. The van der Waals surface area contributed by atoms with Crippen LogP contribution < -0.4 is 10.6 Å². The Kier molecular flexibility index (Phi) is 5.04. The van der Waals surface area contributed by atoms with Gasteiger partial charge in [-0.1, -0.05) is 22.0 Å². The number of halogens is 4. The lowest BCUT2D eigenvalue weighted by molar-refractivity contribution is -0.141. The van der Waals surface area contributed by atoms with Gasteiger partial charge in [0.1, 0.15) is 12.4 Å². The van der Waals surface area contributed by atoms with E-state index < -0.39 is 30.3 Å². The van der Waals surface area contributed by atoms with E-state index >= 15 is 0 Å². The predicted molar refractivity (Wildman–Crippen MR) is 80.6 cm³/mol. The summed E-state index contributed by atoms with van der Waals surface area (Å²) in [6, 6.07) is 7.49. The maximum atomic E-state index is 12.9. The van der Waals surface area contributed by atoms with Crippen molar-refractivity contribution in [2.24, 2.45) is 0 Å². The molecule has 0 bridgehead atoms. The van der Waals surface area contributed by atoms with Gasteiger partial charge in [-0.3, -0.25) is 4.79 Å². The second-order valence-corrected chi connectivity index (χ2v) is 5.26. The van der Waals surface area contributed by atoms with E-state index in [4.69, 9.17) is 5.11 Å². The fourth-order valence-corrected chi connectivity index (χ4v) is 2.00. The number of nitrogens with zero attached hydrogens (tertiary/aromatic N) is 2. The van der Waals surface area contributed by atoms with Crippen molar-refractivity contribution in [3.05, 3.63) is 40.5 Å². The van der Waals surface area contributed by atoms with Crippen LogP contribution in [0.2, 0.25) is 0 Å². The Hall–Kier alpha value is -2.36. The van der Waals surface area contributed by atoms with Crippen LogP contribution in [-0.2, 0) is 11.0 Å². The Morgan fingerprint density at radius 2 is 2.00 bits per heavy atom. The van der Waals surface area contributed by atoms with Crippen LogP contribution in [0.1, 0.15) is 5.69 Å². The first-order valence-electron chi connectivity index (χ1n) is 6.18. The summed E-state index contributed by atoms with van der Waals surface area (Å²) in [4.78, 5) is 17.6. The summed E-state index contributed by atoms with van der Waals surface area (Å²) in [7, 11) is 0. The third kappa shape index (κ3) is 5.09. The molecule has 0 unspecified atom stereocenters. The molecule has 1 heterocycles. The Labute approximate surface area is 136 Å². The normalized spacial score (nSPS) is 11.1. The molecule has 122 valence electrons. The van der Waals surface area contributed by atoms with E-state index in [0.29, 0.717) is 5.69 Å². The molecule has 2 aromatic rings. The second kappa shape index (κ2) is 6.82. The highest BCUT2D eigenvalue weighted by Gasteiger charge is 2.33. The molecule has 0 aliphatic carbocycles. The molecule has 0 saturated carbocycles. The van der Waals surface area contributed by atoms with E-state index in [1.165, 1.54) is 0 Å². The summed E-state index contributed by atoms with van der Waals surface area (Å²) in [5, 5.41) is 13.5. The van der Waals surface area contributed by atoms with Crippen molar-refractivity contribution in [2.45, 2.75) is 6.18 Å². The van der Waals surface area contributed by atoms with Crippen LogP contribution in [0.25, 0.3) is 0 Å². The number of rotatable bonds is 5. The average Bonchev–Trinajstić information content (AvgIpc) is 2.44. The zero-order valence-electron chi connectivity index (χ0n) is 11.4. The van der Waals surface area contributed by atoms with E-state index in [1.54, 1.807) is 24.3 Å². The first-order valence-corrected chi connectivity index (χ1v) is 6.98. The fraction of sp³-hybridized carbons (Fsp3) is 0.154. The molecule has 0 amide bonds. The van der Waals surface area contributed by atoms with Crippen LogP contribution in [0.3, 0.4) is 0 Å². The Bertz CT molecular complexity index is 725. The SMILES string of the molecule is O=C(O)CNc1nc(Nc2cccc(Br)c2)cc(C(F)(F)F)n1. The summed E-state index contributed by atoms with van der Waals surface area (Å²) >= 11 is 3.25. The van der Waals surface area contributed by atoms with E-state index in [9.17, 15) is 18.0 Å². The number of hydrogen-bond acceptors (Lipinski definition) is 5. The van der Waals surface area contributed by atoms with Crippen LogP contribution in [-0.4, -0.2) is 27.6 Å². The van der Waals surface area contributed by atoms with Crippen molar-refractivity contribution in [3.8, 4) is 0 Å². The number of benzene rings is 1. The predicted octanol–water partition coefficient (Wildman–Crippen LogP) is 3.50. The van der Waals surface area contributed by atoms with Crippen molar-refractivity contribution in [2.75, 3.05) is 17.2 Å². The molecule has 3 N–H and O–H groups in total. The number of carbonyl (C=O) groups is 1. The van der Waals surface area contributed by atoms with Crippen molar-refractivity contribution < 1.29 is 23.1 Å². The minimum absolute atomic E-state index is 0.113. The van der Waals surface area contributed by atoms with Gasteiger partial charge in [-0.15, -0.1) is 0 Å². The van der Waals surface area contributed by atoms with Crippen molar-refractivity contribution in [1.82, 2.24) is 9.97 Å². The minimum Gasteiger partial charge on any atom is -0.480 e. The highest BCUT2D eigenvalue weighted by molar-refractivity contribution is 9.10. The fourth-order valence-electron chi connectivity index (χ4n) is 1.60. The third-order valence-electron chi connectivity index (χ3n) is 2.51. The molecule has 0 radical (unpaired) electrons. The molecule has 0 saturated heterocycles. The second-order valence-electron chi connectivity index (χ2n) is 4.34. The van der Waals surface area contributed by atoms with Gasteiger partial charge < -0.3 is 15.7 Å². The summed E-state index contributed by atoms with van der Waals surface area (Å²) in [5.41, 5.74) is -0.673. The number of carboxylic acid groups (broad SMARTS) is 1. The number of hydrogen-bond donors (Lipinski definition) is 3. The molecular formula is C13H10BrF3N4O2. The minimum atomic E-state index is -4.68. The first kappa shape index (κ1) is 17.0. The molecule has 6 nitrogen and oxygen atoms in total. The largest absolute Gasteiger partial charge is 0.480 e. The first-order chi connectivity index (χ1) is 10.7. The van der Waals surface area contributed by atoms with Gasteiger partial charge in [0, 0.05) is 16.2 Å². The van der Waals surface area contributed by atoms with Gasteiger partial charge in [0.2, 0.25) is 5.95 Å². The van der Waals surface area contributed by atoms with Gasteiger partial charge in [0.25, 0.3) is 0 Å². The van der Waals surface area contributed by atoms with E-state index in [-0.39, 0.29) is 5.82 Å². The molecule has 0 atom stereocenters. The van der Waals surface area contributed by atoms with E-state index in [2.05, 4.69) is 36.5 Å². The lowest BCUT2D eigenvalue weighted by Gasteiger charge is -2.12. The molecule has 2 rings (SSSR count). The van der Waals surface area contributed by atoms with Crippen molar-refractivity contribution in [1.29, 1.82) is 0 Å². The van der Waals surface area contributed by atoms with Crippen molar-refractivity contribution in [3.63, 3.8) is 0 Å². The lowest BCUT2D eigenvalue weighted by Crippen LogP contribution is -2.17. The monoisotopic (exact) mass is 390 g/mol. The Morgan fingerprint density at radius 1 is 1.26 bits per heavy atom. The zero-order valence-corrected chi connectivity index (χ0v) is 12.9. The van der Waals surface area contributed by atoms with Gasteiger partial charge in [0.15, 0.2) is 5.69 Å². The maximum Gasteiger partial charge on any atom is 0.433 e. The maximum absolute atomic E-state index is 12.9. The van der Waals surface area contributed by atoms with Crippen LogP contribution >= 0.6 is 15.9 Å². The molecule has 0 aliphatic rings. The highest BCUT2D eigenvalue weighted by atomic mass is 79.9. The number of nitrogens with one attached hydrogen (secondary N) is 2. The van der Waals surface area contributed by atoms with E-state index in [0.717, 1.165) is 10.5 Å². The molecular weight excluding hydrogens is 381 g/mol. The summed E-state index contributed by atoms with van der Waals surface area (Å²) in [6.07, 6.45) is -4.68. The standard InChI is InChI=1S/C13H10BrF3N4O2/c14-7-2-1-3-8(4-7)19-10-5-9(13(15,16)17)20-12(21-10)18-6-11(22)23/h1-5H,6H2,(H,22,23)(H2,18,19,20,21). The molecule has 23 heavy (non-hydrogen) atoms. The zero-order chi connectivity index (χ0) is 17.0. The molecule has 0 spiro atoms. The van der Waals surface area contributed by atoms with Crippen LogP contribution in [0.4, 0.5) is 30.6 Å². The molecule has 0 fully saturated rings. The molecule has 1 aromatic heterocycles. The Balaban J connectivity index is 2.33. The summed E-state index contributed by atoms with van der Waals surface area (Å²) in [6.45, 7) is -0.600. The molecule has 0 aliphatic heterocycles. The quantitative estimate of drug-likeness (QED) is 0.724. The van der Waals surface area contributed by atoms with Gasteiger partial charge in [0.05, 0.1) is 0 Å². The lowest BCUT2D eigenvalue weighted by atomic mass is 10.3. The molecule has 10 heteroatoms. The average molecular weight is 391 g/mol. The van der Waals surface area contributed by atoms with Crippen molar-refractivity contribution >= 4 is 39.4 Å². The number of anilines is 3. The topological polar surface area (TPSA) is 87.1 Å². The number of aliphatic carboxylic acids is 1. The molecule has 1 aromatic carbocycles. The van der Waals surface area contributed by atoms with Crippen LogP contribution in [0.15, 0.2) is 34.8 Å². The van der Waals surface area contributed by atoms with E-state index in [1.807, 2.05) is 0 Å². The number of alkyl halides is 3. The van der Waals surface area contributed by atoms with Gasteiger partial charge >= 0.3 is 12.1 Å².